The van der Waals surface area contributed by atoms with Gasteiger partial charge in [-0.2, -0.15) is 9.29 Å². The molecule has 124 valence electrons. The predicted octanol–water partition coefficient (Wildman–Crippen LogP) is 1.07. The van der Waals surface area contributed by atoms with E-state index in [1.807, 2.05) is 6.07 Å². The lowest BCUT2D eigenvalue weighted by atomic mass is 10.1. The first-order valence-electron chi connectivity index (χ1n) is 7.32. The van der Waals surface area contributed by atoms with Gasteiger partial charge in [0.2, 0.25) is 15.8 Å². The molecule has 1 atom stereocenters. The molecule has 0 amide bonds. The minimum Gasteiger partial charge on any atom is -0.367 e. The molecule has 1 saturated heterocycles. The molecule has 2 aromatic heterocycles. The Morgan fingerprint density at radius 1 is 1.48 bits per heavy atom. The maximum absolute atomic E-state index is 11.6. The molecule has 1 fully saturated rings. The summed E-state index contributed by atoms with van der Waals surface area (Å²) in [6.07, 6.45) is 5.98. The molecular weight excluding hydrogens is 320 g/mol. The van der Waals surface area contributed by atoms with Crippen LogP contribution in [0, 0.1) is 0 Å². The van der Waals surface area contributed by atoms with Crippen molar-refractivity contribution < 1.29 is 17.7 Å². The number of hydrogen-bond donors (Lipinski definition) is 0. The molecule has 0 bridgehead atoms. The first-order valence-corrected chi connectivity index (χ1v) is 9.17. The van der Waals surface area contributed by atoms with Gasteiger partial charge in [0.25, 0.3) is 5.89 Å². The molecule has 0 N–H and O–H groups in total. The number of aromatic nitrogens is 3. The Morgan fingerprint density at radius 3 is 3.09 bits per heavy atom. The van der Waals surface area contributed by atoms with E-state index >= 15 is 0 Å². The van der Waals surface area contributed by atoms with E-state index < -0.39 is 10.0 Å². The zero-order valence-corrected chi connectivity index (χ0v) is 13.6. The molecule has 0 unspecified atom stereocenters. The summed E-state index contributed by atoms with van der Waals surface area (Å²) in [5.74, 6) is 0.818. The molecule has 1 aliphatic heterocycles. The fourth-order valence-corrected chi connectivity index (χ4v) is 3.35. The Kier molecular flexibility index (Phi) is 4.69. The molecular formula is C14H18N4O4S. The van der Waals surface area contributed by atoms with Crippen molar-refractivity contribution in [1.82, 2.24) is 19.4 Å². The van der Waals surface area contributed by atoms with Gasteiger partial charge in [0, 0.05) is 31.0 Å². The number of ether oxygens (including phenoxy) is 1. The van der Waals surface area contributed by atoms with Gasteiger partial charge in [0.05, 0.1) is 12.4 Å². The van der Waals surface area contributed by atoms with Crippen molar-refractivity contribution >= 4 is 10.0 Å². The standard InChI is InChI=1S/C14H18N4O4S/c1-23(19,20)18-7-3-5-12(9-18)21-10-13-16-14(17-22-13)11-4-2-6-15-8-11/h2,4,6,8,12H,3,5,7,9-10H2,1H3/t12-/m0/s1. The molecule has 9 heteroatoms. The number of piperidine rings is 1. The minimum absolute atomic E-state index is 0.160. The zero-order valence-electron chi connectivity index (χ0n) is 12.8. The third-order valence-corrected chi connectivity index (χ3v) is 4.91. The Morgan fingerprint density at radius 2 is 2.35 bits per heavy atom. The van der Waals surface area contributed by atoms with E-state index in [1.165, 1.54) is 10.6 Å². The van der Waals surface area contributed by atoms with Crippen LogP contribution in [0.4, 0.5) is 0 Å². The summed E-state index contributed by atoms with van der Waals surface area (Å²) in [7, 11) is -3.18. The van der Waals surface area contributed by atoms with Crippen LogP contribution in [0.15, 0.2) is 29.0 Å². The van der Waals surface area contributed by atoms with Gasteiger partial charge in [-0.3, -0.25) is 4.98 Å². The fraction of sp³-hybridized carbons (Fsp3) is 0.500. The van der Waals surface area contributed by atoms with E-state index in [0.29, 0.717) is 24.8 Å². The van der Waals surface area contributed by atoms with Crippen molar-refractivity contribution in [2.24, 2.45) is 0 Å². The second-order valence-electron chi connectivity index (χ2n) is 5.45. The Labute approximate surface area is 134 Å². The Balaban J connectivity index is 1.58. The van der Waals surface area contributed by atoms with Crippen LogP contribution in [-0.4, -0.2) is 53.3 Å². The summed E-state index contributed by atoms with van der Waals surface area (Å²) in [5.41, 5.74) is 0.767. The molecule has 0 radical (unpaired) electrons. The van der Waals surface area contributed by atoms with Gasteiger partial charge >= 0.3 is 0 Å². The van der Waals surface area contributed by atoms with Crippen LogP contribution < -0.4 is 0 Å². The van der Waals surface area contributed by atoms with E-state index in [1.54, 1.807) is 18.5 Å². The van der Waals surface area contributed by atoms with Crippen molar-refractivity contribution in [2.45, 2.75) is 25.6 Å². The monoisotopic (exact) mass is 338 g/mol. The van der Waals surface area contributed by atoms with Gasteiger partial charge in [-0.15, -0.1) is 0 Å². The van der Waals surface area contributed by atoms with Crippen molar-refractivity contribution in [1.29, 1.82) is 0 Å². The summed E-state index contributed by atoms with van der Waals surface area (Å²) in [4.78, 5) is 8.26. The van der Waals surface area contributed by atoms with Crippen molar-refractivity contribution in [3.8, 4) is 11.4 Å². The van der Waals surface area contributed by atoms with Gasteiger partial charge in [-0.25, -0.2) is 8.42 Å². The highest BCUT2D eigenvalue weighted by atomic mass is 32.2. The third-order valence-electron chi connectivity index (χ3n) is 3.64. The average molecular weight is 338 g/mol. The smallest absolute Gasteiger partial charge is 0.252 e. The van der Waals surface area contributed by atoms with E-state index in [-0.39, 0.29) is 12.7 Å². The van der Waals surface area contributed by atoms with Gasteiger partial charge in [0.1, 0.15) is 6.61 Å². The Bertz CT molecular complexity index is 747. The lowest BCUT2D eigenvalue weighted by molar-refractivity contribution is -0.00284. The zero-order chi connectivity index (χ0) is 16.3. The first-order chi connectivity index (χ1) is 11.0. The van der Waals surface area contributed by atoms with Crippen molar-refractivity contribution in [3.05, 3.63) is 30.4 Å². The van der Waals surface area contributed by atoms with Gasteiger partial charge in [0.15, 0.2) is 0 Å². The number of sulfonamides is 1. The second-order valence-corrected chi connectivity index (χ2v) is 7.43. The SMILES string of the molecule is CS(=O)(=O)N1CCC[C@H](OCc2nc(-c3cccnc3)no2)C1. The molecule has 1 aliphatic rings. The van der Waals surface area contributed by atoms with Crippen LogP contribution in [-0.2, 0) is 21.4 Å². The largest absolute Gasteiger partial charge is 0.367 e. The summed E-state index contributed by atoms with van der Waals surface area (Å²) in [6, 6.07) is 3.64. The highest BCUT2D eigenvalue weighted by Crippen LogP contribution is 2.18. The highest BCUT2D eigenvalue weighted by molar-refractivity contribution is 7.88. The molecule has 0 spiro atoms. The summed E-state index contributed by atoms with van der Waals surface area (Å²) in [6.45, 7) is 1.07. The molecule has 0 aliphatic carbocycles. The van der Waals surface area contributed by atoms with E-state index in [2.05, 4.69) is 15.1 Å². The number of nitrogens with zero attached hydrogens (tertiary/aromatic N) is 4. The van der Waals surface area contributed by atoms with Crippen LogP contribution in [0.3, 0.4) is 0 Å². The van der Waals surface area contributed by atoms with E-state index in [0.717, 1.165) is 18.4 Å². The van der Waals surface area contributed by atoms with Gasteiger partial charge < -0.3 is 9.26 Å². The molecule has 8 nitrogen and oxygen atoms in total. The first kappa shape index (κ1) is 16.0. The van der Waals surface area contributed by atoms with Crippen molar-refractivity contribution in [2.75, 3.05) is 19.3 Å². The normalized spacial score (nSPS) is 19.8. The summed E-state index contributed by atoms with van der Waals surface area (Å²) >= 11 is 0. The van der Waals surface area contributed by atoms with E-state index in [4.69, 9.17) is 9.26 Å². The molecule has 23 heavy (non-hydrogen) atoms. The topological polar surface area (TPSA) is 98.4 Å². The second kappa shape index (κ2) is 6.73. The number of hydrogen-bond acceptors (Lipinski definition) is 7. The summed E-state index contributed by atoms with van der Waals surface area (Å²) in [5, 5.41) is 3.89. The number of rotatable bonds is 5. The third kappa shape index (κ3) is 4.12. The van der Waals surface area contributed by atoms with Crippen LogP contribution in [0.5, 0.6) is 0 Å². The molecule has 0 aromatic carbocycles. The van der Waals surface area contributed by atoms with Crippen LogP contribution in [0.1, 0.15) is 18.7 Å². The average Bonchev–Trinajstić information content (AvgIpc) is 3.02. The fourth-order valence-electron chi connectivity index (χ4n) is 2.46. The van der Waals surface area contributed by atoms with E-state index in [9.17, 15) is 8.42 Å². The Hall–Kier alpha value is -1.84. The van der Waals surface area contributed by atoms with Crippen molar-refractivity contribution in [3.63, 3.8) is 0 Å². The summed E-state index contributed by atoms with van der Waals surface area (Å²) < 4.78 is 35.5. The minimum atomic E-state index is -3.18. The molecule has 2 aromatic rings. The highest BCUT2D eigenvalue weighted by Gasteiger charge is 2.26. The lowest BCUT2D eigenvalue weighted by Gasteiger charge is -2.30. The van der Waals surface area contributed by atoms with Gasteiger partial charge in [-0.05, 0) is 25.0 Å². The lowest BCUT2D eigenvalue weighted by Crippen LogP contribution is -2.42. The molecule has 0 saturated carbocycles. The quantitative estimate of drug-likeness (QED) is 0.804. The molecule has 3 rings (SSSR count). The predicted molar refractivity (Wildman–Crippen MR) is 81.8 cm³/mol. The number of pyridine rings is 1. The maximum atomic E-state index is 11.6. The maximum Gasteiger partial charge on any atom is 0.252 e. The van der Waals surface area contributed by atoms with Crippen LogP contribution in [0.25, 0.3) is 11.4 Å². The van der Waals surface area contributed by atoms with Gasteiger partial charge in [-0.1, -0.05) is 5.16 Å². The van der Waals surface area contributed by atoms with Crippen LogP contribution in [0.2, 0.25) is 0 Å². The van der Waals surface area contributed by atoms with Crippen LogP contribution >= 0.6 is 0 Å². The molecule has 3 heterocycles.